The molecule has 4 atom stereocenters. The maximum atomic E-state index is 12.2. The van der Waals surface area contributed by atoms with Crippen LogP contribution in [0.1, 0.15) is 18.7 Å². The molecule has 1 saturated heterocycles. The van der Waals surface area contributed by atoms with Crippen LogP contribution in [0.25, 0.3) is 0 Å². The second kappa shape index (κ2) is 5.27. The van der Waals surface area contributed by atoms with Gasteiger partial charge in [0, 0.05) is 36.9 Å². The molecule has 2 aliphatic rings. The second-order valence-corrected chi connectivity index (χ2v) is 5.64. The van der Waals surface area contributed by atoms with Crippen LogP contribution in [0.15, 0.2) is 23.0 Å². The first-order valence-corrected chi connectivity index (χ1v) is 7.28. The number of pyridine rings is 1. The fraction of sp³-hybridized carbons (Fsp3) is 0.600. The highest BCUT2D eigenvalue weighted by Gasteiger charge is 2.55. The highest BCUT2D eigenvalue weighted by molar-refractivity contribution is 5.74. The molecule has 21 heavy (non-hydrogen) atoms. The van der Waals surface area contributed by atoms with Gasteiger partial charge in [-0.15, -0.1) is 0 Å². The predicted molar refractivity (Wildman–Crippen MR) is 75.7 cm³/mol. The van der Waals surface area contributed by atoms with Gasteiger partial charge < -0.3 is 14.4 Å². The van der Waals surface area contributed by atoms with Crippen molar-refractivity contribution in [3.05, 3.63) is 34.2 Å². The van der Waals surface area contributed by atoms with E-state index in [1.54, 1.807) is 10.6 Å². The zero-order chi connectivity index (χ0) is 15.1. The van der Waals surface area contributed by atoms with Crippen LogP contribution in [0, 0.1) is 11.8 Å². The fourth-order valence-electron chi connectivity index (χ4n) is 4.01. The first-order valence-electron chi connectivity index (χ1n) is 7.28. The standard InChI is InChI=1S/C15H20N2O4/c1-3-16-11-7-17-10(5-4-6-12(17)19)14(16)13(9(11)8-18)15(20)21-2/h4-6,9,11,13-14,18H,3,7-8H2,1-2H3/t9-,11-,13+,14+/m0/s1. The van der Waals surface area contributed by atoms with Crippen LogP contribution >= 0.6 is 0 Å². The predicted octanol–water partition coefficient (Wildman–Crippen LogP) is 0.00480. The smallest absolute Gasteiger partial charge is 0.311 e. The maximum Gasteiger partial charge on any atom is 0.311 e. The van der Waals surface area contributed by atoms with E-state index in [1.807, 2.05) is 13.0 Å². The Morgan fingerprint density at radius 3 is 2.86 bits per heavy atom. The number of aliphatic hydroxyl groups is 1. The molecule has 0 radical (unpaired) electrons. The first kappa shape index (κ1) is 14.3. The molecule has 2 aliphatic heterocycles. The molecule has 2 bridgehead atoms. The summed E-state index contributed by atoms with van der Waals surface area (Å²) in [6.45, 7) is 3.23. The minimum absolute atomic E-state index is 0.0123. The van der Waals surface area contributed by atoms with Crippen LogP contribution in [-0.2, 0) is 16.1 Å². The number of likely N-dealkylation sites (N-methyl/N-ethyl adjacent to an activating group) is 1. The second-order valence-electron chi connectivity index (χ2n) is 5.64. The van der Waals surface area contributed by atoms with E-state index < -0.39 is 5.92 Å². The highest BCUT2D eigenvalue weighted by Crippen LogP contribution is 2.48. The summed E-state index contributed by atoms with van der Waals surface area (Å²) in [5.74, 6) is -0.952. The zero-order valence-corrected chi connectivity index (χ0v) is 12.2. The minimum Gasteiger partial charge on any atom is -0.469 e. The Labute approximate surface area is 122 Å². The van der Waals surface area contributed by atoms with Gasteiger partial charge in [0.05, 0.1) is 19.1 Å². The molecule has 0 aliphatic carbocycles. The number of hydrogen-bond donors (Lipinski definition) is 1. The van der Waals surface area contributed by atoms with Crippen LogP contribution in [0.2, 0.25) is 0 Å². The van der Waals surface area contributed by atoms with Gasteiger partial charge in [-0.05, 0) is 12.6 Å². The van der Waals surface area contributed by atoms with E-state index in [0.29, 0.717) is 6.54 Å². The average molecular weight is 292 g/mol. The quantitative estimate of drug-likeness (QED) is 0.794. The normalized spacial score (nSPS) is 31.0. The van der Waals surface area contributed by atoms with Gasteiger partial charge in [-0.1, -0.05) is 13.0 Å². The lowest BCUT2D eigenvalue weighted by Gasteiger charge is -2.37. The number of aliphatic hydroxyl groups excluding tert-OH is 1. The molecule has 1 aromatic rings. The molecule has 1 fully saturated rings. The number of hydrogen-bond acceptors (Lipinski definition) is 5. The van der Waals surface area contributed by atoms with Crippen molar-refractivity contribution in [1.82, 2.24) is 9.47 Å². The molecule has 3 heterocycles. The molecule has 3 rings (SSSR count). The molecule has 0 unspecified atom stereocenters. The summed E-state index contributed by atoms with van der Waals surface area (Å²) in [6, 6.07) is 4.93. The molecule has 6 nitrogen and oxygen atoms in total. The Kier molecular flexibility index (Phi) is 3.59. The topological polar surface area (TPSA) is 71.8 Å². The first-order chi connectivity index (χ1) is 10.1. The molecular weight excluding hydrogens is 272 g/mol. The summed E-state index contributed by atoms with van der Waals surface area (Å²) >= 11 is 0. The fourth-order valence-corrected chi connectivity index (χ4v) is 4.01. The zero-order valence-electron chi connectivity index (χ0n) is 12.2. The molecule has 0 amide bonds. The number of nitrogens with zero attached hydrogens (tertiary/aromatic N) is 2. The van der Waals surface area contributed by atoms with E-state index in [4.69, 9.17) is 4.74 Å². The summed E-state index contributed by atoms with van der Waals surface area (Å²) in [5.41, 5.74) is 0.785. The Hall–Kier alpha value is -1.66. The van der Waals surface area contributed by atoms with E-state index in [1.165, 1.54) is 13.2 Å². The highest BCUT2D eigenvalue weighted by atomic mass is 16.5. The largest absolute Gasteiger partial charge is 0.469 e. The number of carbonyl (C=O) groups excluding carboxylic acids is 1. The molecule has 0 spiro atoms. The van der Waals surface area contributed by atoms with Crippen LogP contribution in [0.4, 0.5) is 0 Å². The summed E-state index contributed by atoms with van der Waals surface area (Å²) < 4.78 is 6.68. The molecule has 0 saturated carbocycles. The van der Waals surface area contributed by atoms with E-state index in [-0.39, 0.29) is 36.1 Å². The molecular formula is C15H20N2O4. The lowest BCUT2D eigenvalue weighted by Crippen LogP contribution is -2.46. The SMILES string of the molecule is CCN1[C@@H]2c3cccc(=O)n3C[C@H]1[C@H](CO)[C@H]2C(=O)OC. The molecule has 1 aromatic heterocycles. The molecule has 0 aromatic carbocycles. The monoisotopic (exact) mass is 292 g/mol. The summed E-state index contributed by atoms with van der Waals surface area (Å²) in [7, 11) is 1.37. The molecule has 6 heteroatoms. The van der Waals surface area contributed by atoms with Gasteiger partial charge in [0.1, 0.15) is 0 Å². The number of aromatic nitrogens is 1. The Morgan fingerprint density at radius 2 is 2.24 bits per heavy atom. The number of rotatable bonds is 3. The number of esters is 1. The van der Waals surface area contributed by atoms with Crippen LogP contribution in [0.3, 0.4) is 0 Å². The Balaban J connectivity index is 2.16. The van der Waals surface area contributed by atoms with Crippen molar-refractivity contribution in [3.8, 4) is 0 Å². The van der Waals surface area contributed by atoms with Crippen molar-refractivity contribution in [1.29, 1.82) is 0 Å². The van der Waals surface area contributed by atoms with E-state index in [2.05, 4.69) is 4.90 Å². The Bertz CT molecular complexity index is 612. The maximum absolute atomic E-state index is 12.2. The minimum atomic E-state index is -0.430. The number of fused-ring (bicyclic) bond motifs is 4. The van der Waals surface area contributed by atoms with Crippen molar-refractivity contribution < 1.29 is 14.6 Å². The third-order valence-corrected chi connectivity index (χ3v) is 4.88. The third-order valence-electron chi connectivity index (χ3n) is 4.88. The van der Waals surface area contributed by atoms with Crippen molar-refractivity contribution in [2.75, 3.05) is 20.3 Å². The van der Waals surface area contributed by atoms with Crippen molar-refractivity contribution >= 4 is 5.97 Å². The summed E-state index contributed by atoms with van der Waals surface area (Å²) in [5, 5.41) is 9.77. The number of methoxy groups -OCH3 is 1. The van der Waals surface area contributed by atoms with Gasteiger partial charge in [0.25, 0.3) is 5.56 Å². The van der Waals surface area contributed by atoms with E-state index >= 15 is 0 Å². The number of carbonyl (C=O) groups is 1. The molecule has 114 valence electrons. The van der Waals surface area contributed by atoms with Crippen LogP contribution in [-0.4, -0.2) is 46.8 Å². The molecule has 1 N–H and O–H groups in total. The van der Waals surface area contributed by atoms with Gasteiger partial charge in [-0.2, -0.15) is 0 Å². The average Bonchev–Trinajstić information content (AvgIpc) is 2.73. The van der Waals surface area contributed by atoms with Gasteiger partial charge in [-0.3, -0.25) is 14.5 Å². The van der Waals surface area contributed by atoms with Gasteiger partial charge in [-0.25, -0.2) is 0 Å². The summed E-state index contributed by atoms with van der Waals surface area (Å²) in [6.07, 6.45) is 0. The van der Waals surface area contributed by atoms with Gasteiger partial charge >= 0.3 is 5.97 Å². The van der Waals surface area contributed by atoms with E-state index in [0.717, 1.165) is 12.2 Å². The lowest BCUT2D eigenvalue weighted by atomic mass is 9.87. The van der Waals surface area contributed by atoms with Crippen molar-refractivity contribution in [3.63, 3.8) is 0 Å². The third kappa shape index (κ3) is 1.93. The van der Waals surface area contributed by atoms with E-state index in [9.17, 15) is 14.7 Å². The van der Waals surface area contributed by atoms with Gasteiger partial charge in [0.2, 0.25) is 0 Å². The number of ether oxygens (including phenoxy) is 1. The Morgan fingerprint density at radius 1 is 1.48 bits per heavy atom. The van der Waals surface area contributed by atoms with Crippen LogP contribution in [0.5, 0.6) is 0 Å². The van der Waals surface area contributed by atoms with Crippen LogP contribution < -0.4 is 5.56 Å². The van der Waals surface area contributed by atoms with Gasteiger partial charge in [0.15, 0.2) is 0 Å². The lowest BCUT2D eigenvalue weighted by molar-refractivity contribution is -0.148. The summed E-state index contributed by atoms with van der Waals surface area (Å²) in [4.78, 5) is 26.5. The van der Waals surface area contributed by atoms with Crippen molar-refractivity contribution in [2.24, 2.45) is 11.8 Å². The van der Waals surface area contributed by atoms with Crippen molar-refractivity contribution in [2.45, 2.75) is 25.6 Å².